The summed E-state index contributed by atoms with van der Waals surface area (Å²) in [5, 5.41) is 18.6. The molecule has 0 unspecified atom stereocenters. The van der Waals surface area contributed by atoms with Gasteiger partial charge in [-0.15, -0.1) is 0 Å². The van der Waals surface area contributed by atoms with E-state index in [1.54, 1.807) is 0 Å². The molecule has 0 saturated heterocycles. The summed E-state index contributed by atoms with van der Waals surface area (Å²) in [6.45, 7) is 0. The molecule has 1 rings (SSSR count). The highest BCUT2D eigenvalue weighted by atomic mass is 32.1. The molecule has 7 heteroatoms. The normalized spacial score (nSPS) is 12.4. The Balaban J connectivity index is 2.91. The Bertz CT molecular complexity index is 348. The lowest BCUT2D eigenvalue weighted by Gasteiger charge is -1.99. The van der Waals surface area contributed by atoms with E-state index in [1.165, 1.54) is 12.1 Å². The number of hydrogen-bond acceptors (Lipinski definition) is 5. The largest absolute Gasteiger partial charge is 0.480 e. The van der Waals surface area contributed by atoms with Gasteiger partial charge < -0.3 is 10.8 Å². The summed E-state index contributed by atoms with van der Waals surface area (Å²) in [7, 11) is 0. The standard InChI is InChI=1S/C6H6N2O4S/c7-5(6(9)10)3-1-2-4(13-3)8(11)12/h1-2,5H,7H2,(H,9,10)/t5-/m0/s1. The molecule has 0 amide bonds. The van der Waals surface area contributed by atoms with Gasteiger partial charge in [-0.3, -0.25) is 14.9 Å². The lowest BCUT2D eigenvalue weighted by atomic mass is 10.3. The molecule has 0 aliphatic heterocycles. The van der Waals surface area contributed by atoms with Crippen LogP contribution in [0.25, 0.3) is 0 Å². The van der Waals surface area contributed by atoms with Crippen molar-refractivity contribution in [2.75, 3.05) is 0 Å². The maximum absolute atomic E-state index is 10.4. The second-order valence-corrected chi connectivity index (χ2v) is 3.34. The van der Waals surface area contributed by atoms with Crippen molar-refractivity contribution in [3.8, 4) is 0 Å². The molecule has 3 N–H and O–H groups in total. The Kier molecular flexibility index (Phi) is 2.59. The number of rotatable bonds is 3. The molecule has 6 nitrogen and oxygen atoms in total. The second kappa shape index (κ2) is 3.50. The molecule has 70 valence electrons. The third-order valence-electron chi connectivity index (χ3n) is 1.37. The molecule has 0 saturated carbocycles. The van der Waals surface area contributed by atoms with E-state index in [1.807, 2.05) is 0 Å². The van der Waals surface area contributed by atoms with Crippen molar-refractivity contribution >= 4 is 22.3 Å². The Labute approximate surface area is 76.8 Å². The lowest BCUT2D eigenvalue weighted by molar-refractivity contribution is -0.380. The van der Waals surface area contributed by atoms with E-state index in [4.69, 9.17) is 10.8 Å². The van der Waals surface area contributed by atoms with Crippen molar-refractivity contribution in [2.45, 2.75) is 6.04 Å². The van der Waals surface area contributed by atoms with E-state index < -0.39 is 16.9 Å². The fourth-order valence-electron chi connectivity index (χ4n) is 0.729. The van der Waals surface area contributed by atoms with Gasteiger partial charge in [-0.2, -0.15) is 0 Å². The van der Waals surface area contributed by atoms with Gasteiger partial charge in [-0.05, 0) is 6.07 Å². The van der Waals surface area contributed by atoms with Crippen LogP contribution in [0.1, 0.15) is 10.9 Å². The van der Waals surface area contributed by atoms with E-state index >= 15 is 0 Å². The maximum Gasteiger partial charge on any atom is 0.325 e. The Hall–Kier alpha value is -1.47. The number of hydrogen-bond donors (Lipinski definition) is 2. The van der Waals surface area contributed by atoms with Gasteiger partial charge in [-0.25, -0.2) is 0 Å². The fraction of sp³-hybridized carbons (Fsp3) is 0.167. The van der Waals surface area contributed by atoms with Crippen LogP contribution in [0.4, 0.5) is 5.00 Å². The first-order valence-corrected chi connectivity index (χ1v) is 4.06. The quantitative estimate of drug-likeness (QED) is 0.555. The molecule has 1 heterocycles. The summed E-state index contributed by atoms with van der Waals surface area (Å²) in [5.41, 5.74) is 5.24. The molecule has 13 heavy (non-hydrogen) atoms. The van der Waals surface area contributed by atoms with Gasteiger partial charge >= 0.3 is 11.0 Å². The molecule has 1 aromatic rings. The van der Waals surface area contributed by atoms with Crippen LogP contribution in [0.2, 0.25) is 0 Å². The minimum absolute atomic E-state index is 0.105. The van der Waals surface area contributed by atoms with Crippen LogP contribution < -0.4 is 5.73 Å². The van der Waals surface area contributed by atoms with E-state index in [0.717, 1.165) is 11.3 Å². The maximum atomic E-state index is 10.4. The zero-order valence-corrected chi connectivity index (χ0v) is 7.15. The molecular formula is C6H6N2O4S. The number of nitrogens with two attached hydrogens (primary N) is 1. The molecular weight excluding hydrogens is 196 g/mol. The third kappa shape index (κ3) is 2.01. The Morgan fingerprint density at radius 2 is 2.31 bits per heavy atom. The number of aliphatic carboxylic acids is 1. The molecule has 0 bridgehead atoms. The van der Waals surface area contributed by atoms with E-state index in [2.05, 4.69) is 0 Å². The molecule has 0 aromatic carbocycles. The van der Waals surface area contributed by atoms with Gasteiger partial charge in [0.05, 0.1) is 4.92 Å². The number of nitrogens with zero attached hydrogens (tertiary/aromatic N) is 1. The van der Waals surface area contributed by atoms with Crippen LogP contribution in [0, 0.1) is 10.1 Å². The van der Waals surface area contributed by atoms with Crippen LogP contribution in [-0.4, -0.2) is 16.0 Å². The van der Waals surface area contributed by atoms with E-state index in [-0.39, 0.29) is 9.88 Å². The van der Waals surface area contributed by atoms with Crippen molar-refractivity contribution in [1.29, 1.82) is 0 Å². The predicted octanol–water partition coefficient (Wildman–Crippen LogP) is 0.741. The topological polar surface area (TPSA) is 106 Å². The average molecular weight is 202 g/mol. The molecule has 0 fully saturated rings. The summed E-state index contributed by atoms with van der Waals surface area (Å²) in [4.78, 5) is 20.3. The van der Waals surface area contributed by atoms with Crippen LogP contribution in [0.15, 0.2) is 12.1 Å². The highest BCUT2D eigenvalue weighted by molar-refractivity contribution is 7.15. The van der Waals surface area contributed by atoms with Crippen molar-refractivity contribution < 1.29 is 14.8 Å². The average Bonchev–Trinajstić information content (AvgIpc) is 2.50. The highest BCUT2D eigenvalue weighted by Crippen LogP contribution is 2.27. The predicted molar refractivity (Wildman–Crippen MR) is 45.5 cm³/mol. The number of thiophene rings is 1. The number of carboxylic acid groups (broad SMARTS) is 1. The summed E-state index contributed by atoms with van der Waals surface area (Å²) in [6, 6.07) is 1.41. The van der Waals surface area contributed by atoms with Gasteiger partial charge in [0.25, 0.3) is 0 Å². The highest BCUT2D eigenvalue weighted by Gasteiger charge is 2.19. The molecule has 1 atom stereocenters. The van der Waals surface area contributed by atoms with Gasteiger partial charge in [-0.1, -0.05) is 11.3 Å². The van der Waals surface area contributed by atoms with Crippen LogP contribution in [0.5, 0.6) is 0 Å². The first kappa shape index (κ1) is 9.62. The van der Waals surface area contributed by atoms with Gasteiger partial charge in [0.15, 0.2) is 0 Å². The van der Waals surface area contributed by atoms with Gasteiger partial charge in [0.1, 0.15) is 6.04 Å². The van der Waals surface area contributed by atoms with Gasteiger partial charge in [0, 0.05) is 10.9 Å². The van der Waals surface area contributed by atoms with Crippen LogP contribution >= 0.6 is 11.3 Å². The Morgan fingerprint density at radius 3 is 2.69 bits per heavy atom. The van der Waals surface area contributed by atoms with E-state index in [9.17, 15) is 14.9 Å². The molecule has 1 aromatic heterocycles. The zero-order valence-electron chi connectivity index (χ0n) is 6.34. The molecule has 0 radical (unpaired) electrons. The monoisotopic (exact) mass is 202 g/mol. The van der Waals surface area contributed by atoms with Crippen LogP contribution in [-0.2, 0) is 4.79 Å². The second-order valence-electron chi connectivity index (χ2n) is 2.25. The first-order chi connectivity index (χ1) is 6.02. The number of carboxylic acids is 1. The summed E-state index contributed by atoms with van der Waals surface area (Å²) in [6.07, 6.45) is 0. The minimum atomic E-state index is -1.20. The lowest BCUT2D eigenvalue weighted by Crippen LogP contribution is -2.19. The zero-order chi connectivity index (χ0) is 10.0. The molecule has 0 aliphatic carbocycles. The number of carbonyl (C=O) groups is 1. The van der Waals surface area contributed by atoms with Crippen molar-refractivity contribution in [3.05, 3.63) is 27.1 Å². The SMILES string of the molecule is N[C@H](C(=O)O)c1ccc([N+](=O)[O-])s1. The third-order valence-corrected chi connectivity index (χ3v) is 2.49. The molecule has 0 spiro atoms. The summed E-state index contributed by atoms with van der Waals surface area (Å²) >= 11 is 0.772. The fourth-order valence-corrected chi connectivity index (χ4v) is 1.55. The number of nitro groups is 1. The Morgan fingerprint density at radius 1 is 1.69 bits per heavy atom. The minimum Gasteiger partial charge on any atom is -0.480 e. The van der Waals surface area contributed by atoms with Gasteiger partial charge in [0.2, 0.25) is 0 Å². The van der Waals surface area contributed by atoms with Crippen LogP contribution in [0.3, 0.4) is 0 Å². The first-order valence-electron chi connectivity index (χ1n) is 3.25. The smallest absolute Gasteiger partial charge is 0.325 e. The van der Waals surface area contributed by atoms with Crippen molar-refractivity contribution in [2.24, 2.45) is 5.73 Å². The summed E-state index contributed by atoms with van der Waals surface area (Å²) in [5.74, 6) is -1.20. The van der Waals surface area contributed by atoms with Crippen molar-refractivity contribution in [1.82, 2.24) is 0 Å². The van der Waals surface area contributed by atoms with E-state index in [0.29, 0.717) is 0 Å². The van der Waals surface area contributed by atoms with Crippen molar-refractivity contribution in [3.63, 3.8) is 0 Å². The summed E-state index contributed by atoms with van der Waals surface area (Å²) < 4.78 is 0. The molecule has 0 aliphatic rings.